The molecule has 1 aliphatic rings. The molecule has 0 unspecified atom stereocenters. The van der Waals surface area contributed by atoms with Crippen LogP contribution < -0.4 is 0 Å². The number of unbranched alkanes of at least 4 members (excludes halogenated alkanes) is 1. The van der Waals surface area contributed by atoms with Crippen molar-refractivity contribution in [3.05, 3.63) is 0 Å². The van der Waals surface area contributed by atoms with Crippen LogP contribution in [-0.4, -0.2) is 37.1 Å². The molecule has 0 saturated carbocycles. The Balaban J connectivity index is 2.18. The molecule has 3 nitrogen and oxygen atoms in total. The van der Waals surface area contributed by atoms with Crippen molar-refractivity contribution in [1.29, 1.82) is 0 Å². The molecule has 0 aromatic rings. The Morgan fingerprint density at radius 3 is 2.58 bits per heavy atom. The topological polar surface area (TPSA) is 42.0 Å². The highest BCUT2D eigenvalue weighted by Gasteiger charge is 2.52. The van der Waals surface area contributed by atoms with Gasteiger partial charge in [0.2, 0.25) is 0 Å². The molecule has 0 aromatic carbocycles. The van der Waals surface area contributed by atoms with Crippen LogP contribution in [0.1, 0.15) is 26.2 Å². The molecule has 0 radical (unpaired) electrons. The van der Waals surface area contributed by atoms with E-state index in [-0.39, 0.29) is 12.2 Å². The minimum Gasteiger partial charge on any atom is -0.396 e. The third kappa shape index (κ3) is 2.19. The molecule has 1 aliphatic heterocycles. The van der Waals surface area contributed by atoms with Gasteiger partial charge in [-0.05, 0) is 26.2 Å². The van der Waals surface area contributed by atoms with E-state index in [1.807, 2.05) is 0 Å². The average Bonchev–Trinajstić information content (AvgIpc) is 2.63. The van der Waals surface area contributed by atoms with E-state index in [2.05, 4.69) is 6.92 Å². The van der Waals surface area contributed by atoms with Gasteiger partial charge in [-0.25, -0.2) is 0 Å². The third-order valence-corrected chi connectivity index (χ3v) is 2.49. The van der Waals surface area contributed by atoms with E-state index in [0.717, 1.165) is 19.3 Å². The van der Waals surface area contributed by atoms with Gasteiger partial charge in [0.05, 0.1) is 12.7 Å². The number of rotatable bonds is 6. The molecule has 1 N–H and O–H groups in total. The van der Waals surface area contributed by atoms with Crippen LogP contribution >= 0.6 is 0 Å². The number of epoxide rings is 1. The lowest BCUT2D eigenvalue weighted by Crippen LogP contribution is -2.21. The summed E-state index contributed by atoms with van der Waals surface area (Å²) in [6.45, 7) is 3.02. The van der Waals surface area contributed by atoms with Gasteiger partial charge in [0.1, 0.15) is 5.60 Å². The Kier molecular flexibility index (Phi) is 3.50. The number of methoxy groups -OCH3 is 1. The molecule has 72 valence electrons. The second kappa shape index (κ2) is 4.21. The summed E-state index contributed by atoms with van der Waals surface area (Å²) >= 11 is 0. The molecule has 1 heterocycles. The first-order valence-electron chi connectivity index (χ1n) is 4.53. The first kappa shape index (κ1) is 9.96. The molecule has 0 spiro atoms. The molecule has 0 aromatic heterocycles. The zero-order valence-corrected chi connectivity index (χ0v) is 7.88. The van der Waals surface area contributed by atoms with Crippen LogP contribution in [0.4, 0.5) is 0 Å². The second-order valence-corrected chi connectivity index (χ2v) is 3.44. The lowest BCUT2D eigenvalue weighted by molar-refractivity contribution is 0.112. The van der Waals surface area contributed by atoms with Gasteiger partial charge in [0.25, 0.3) is 0 Å². The van der Waals surface area contributed by atoms with E-state index in [0.29, 0.717) is 12.7 Å². The first-order valence-corrected chi connectivity index (χ1v) is 4.53. The summed E-state index contributed by atoms with van der Waals surface area (Å²) in [5.41, 5.74) is -0.0239. The monoisotopic (exact) mass is 174 g/mol. The number of hydrogen-bond acceptors (Lipinski definition) is 3. The van der Waals surface area contributed by atoms with Crippen molar-refractivity contribution in [3.8, 4) is 0 Å². The Morgan fingerprint density at radius 1 is 1.50 bits per heavy atom. The zero-order valence-electron chi connectivity index (χ0n) is 7.88. The summed E-state index contributed by atoms with van der Waals surface area (Å²) in [6, 6.07) is 0. The second-order valence-electron chi connectivity index (χ2n) is 3.44. The molecule has 12 heavy (non-hydrogen) atoms. The number of ether oxygens (including phenoxy) is 2. The van der Waals surface area contributed by atoms with Crippen molar-refractivity contribution in [2.75, 3.05) is 20.3 Å². The highest BCUT2D eigenvalue weighted by atomic mass is 16.6. The van der Waals surface area contributed by atoms with Crippen molar-refractivity contribution < 1.29 is 14.6 Å². The summed E-state index contributed by atoms with van der Waals surface area (Å²) < 4.78 is 10.6. The van der Waals surface area contributed by atoms with Gasteiger partial charge in [0, 0.05) is 13.7 Å². The molecule has 1 fully saturated rings. The number of hydrogen-bond donors (Lipinski definition) is 1. The Morgan fingerprint density at radius 2 is 2.17 bits per heavy atom. The normalized spacial score (nSPS) is 33.8. The van der Waals surface area contributed by atoms with E-state index >= 15 is 0 Å². The summed E-state index contributed by atoms with van der Waals surface area (Å²) in [4.78, 5) is 0. The van der Waals surface area contributed by atoms with Crippen LogP contribution in [0.15, 0.2) is 0 Å². The van der Waals surface area contributed by atoms with Crippen molar-refractivity contribution >= 4 is 0 Å². The van der Waals surface area contributed by atoms with E-state index < -0.39 is 0 Å². The first-order chi connectivity index (χ1) is 5.75. The fraction of sp³-hybridized carbons (Fsp3) is 1.00. The van der Waals surface area contributed by atoms with Gasteiger partial charge in [0.15, 0.2) is 0 Å². The lowest BCUT2D eigenvalue weighted by Gasteiger charge is -2.10. The fourth-order valence-corrected chi connectivity index (χ4v) is 1.58. The maximum Gasteiger partial charge on any atom is 0.118 e. The molecular weight excluding hydrogens is 156 g/mol. The summed E-state index contributed by atoms with van der Waals surface area (Å²) in [5.74, 6) is 0. The van der Waals surface area contributed by atoms with E-state index in [1.54, 1.807) is 7.11 Å². The Bertz CT molecular complexity index is 138. The summed E-state index contributed by atoms with van der Waals surface area (Å²) in [7, 11) is 1.70. The Hall–Kier alpha value is -0.120. The minimum absolute atomic E-state index is 0.0239. The van der Waals surface area contributed by atoms with Gasteiger partial charge in [-0.3, -0.25) is 0 Å². The summed E-state index contributed by atoms with van der Waals surface area (Å²) in [5, 5.41) is 8.61. The molecule has 0 aliphatic carbocycles. The van der Waals surface area contributed by atoms with Crippen LogP contribution in [0, 0.1) is 0 Å². The summed E-state index contributed by atoms with van der Waals surface area (Å²) in [6.07, 6.45) is 3.21. The average molecular weight is 174 g/mol. The van der Waals surface area contributed by atoms with E-state index in [1.165, 1.54) is 0 Å². The van der Waals surface area contributed by atoms with Gasteiger partial charge >= 0.3 is 0 Å². The van der Waals surface area contributed by atoms with Gasteiger partial charge in [-0.2, -0.15) is 0 Å². The maximum absolute atomic E-state index is 8.61. The number of aliphatic hydroxyl groups is 1. The predicted molar refractivity (Wildman–Crippen MR) is 46.1 cm³/mol. The molecule has 0 amide bonds. The Labute approximate surface area is 73.7 Å². The van der Waals surface area contributed by atoms with Crippen LogP contribution in [0.5, 0.6) is 0 Å². The van der Waals surface area contributed by atoms with Crippen molar-refractivity contribution in [1.82, 2.24) is 0 Å². The highest BCUT2D eigenvalue weighted by molar-refractivity contribution is 4.99. The van der Waals surface area contributed by atoms with E-state index in [4.69, 9.17) is 14.6 Å². The van der Waals surface area contributed by atoms with Crippen LogP contribution in [-0.2, 0) is 9.47 Å². The standard InChI is InChI=1S/C9H18O3/c1-8-9(12-8,7-11-2)5-3-4-6-10/h8,10H,3-7H2,1-2H3/t8-,9+/m0/s1. The zero-order chi connectivity index (χ0) is 9.03. The molecule has 1 saturated heterocycles. The predicted octanol–water partition coefficient (Wildman–Crippen LogP) is 0.953. The quantitative estimate of drug-likeness (QED) is 0.481. The smallest absolute Gasteiger partial charge is 0.118 e. The lowest BCUT2D eigenvalue weighted by atomic mass is 10.00. The van der Waals surface area contributed by atoms with Crippen LogP contribution in [0.25, 0.3) is 0 Å². The van der Waals surface area contributed by atoms with Crippen molar-refractivity contribution in [3.63, 3.8) is 0 Å². The maximum atomic E-state index is 8.61. The van der Waals surface area contributed by atoms with Crippen molar-refractivity contribution in [2.24, 2.45) is 0 Å². The van der Waals surface area contributed by atoms with Crippen molar-refractivity contribution in [2.45, 2.75) is 37.9 Å². The van der Waals surface area contributed by atoms with Crippen LogP contribution in [0.2, 0.25) is 0 Å². The largest absolute Gasteiger partial charge is 0.396 e. The number of aliphatic hydroxyl groups excluding tert-OH is 1. The highest BCUT2D eigenvalue weighted by Crippen LogP contribution is 2.40. The molecule has 0 bridgehead atoms. The van der Waals surface area contributed by atoms with E-state index in [9.17, 15) is 0 Å². The van der Waals surface area contributed by atoms with Crippen LogP contribution in [0.3, 0.4) is 0 Å². The van der Waals surface area contributed by atoms with Gasteiger partial charge in [-0.15, -0.1) is 0 Å². The molecule has 1 rings (SSSR count). The third-order valence-electron chi connectivity index (χ3n) is 2.49. The molecular formula is C9H18O3. The SMILES string of the molecule is COC[C@@]1(CCCCO)O[C@H]1C. The minimum atomic E-state index is -0.0239. The van der Waals surface area contributed by atoms with Gasteiger partial charge in [-0.1, -0.05) is 0 Å². The fourth-order valence-electron chi connectivity index (χ4n) is 1.58. The van der Waals surface area contributed by atoms with Gasteiger partial charge < -0.3 is 14.6 Å². The molecule has 2 atom stereocenters. The molecule has 3 heteroatoms.